The van der Waals surface area contributed by atoms with Crippen LogP contribution >= 0.6 is 0 Å². The first-order valence-corrected chi connectivity index (χ1v) is 5.28. The number of nitrogens with one attached hydrogen (secondary N) is 1. The molecule has 5 nitrogen and oxygen atoms in total. The van der Waals surface area contributed by atoms with E-state index in [0.29, 0.717) is 11.7 Å². The molecule has 5 heteroatoms. The van der Waals surface area contributed by atoms with E-state index in [0.717, 1.165) is 0 Å². The highest BCUT2D eigenvalue weighted by Crippen LogP contribution is 2.11. The molecule has 1 aromatic rings. The fourth-order valence-corrected chi connectivity index (χ4v) is 0.977. The molecule has 1 aromatic heterocycles. The van der Waals surface area contributed by atoms with Crippen molar-refractivity contribution >= 4 is 11.7 Å². The van der Waals surface area contributed by atoms with E-state index >= 15 is 0 Å². The highest BCUT2D eigenvalue weighted by molar-refractivity contribution is 5.90. The molecule has 0 aromatic carbocycles. The van der Waals surface area contributed by atoms with Crippen molar-refractivity contribution in [3.8, 4) is 5.88 Å². The van der Waals surface area contributed by atoms with Crippen LogP contribution in [0.1, 0.15) is 27.7 Å². The summed E-state index contributed by atoms with van der Waals surface area (Å²) >= 11 is 0. The zero-order valence-corrected chi connectivity index (χ0v) is 10.0. The molecule has 1 N–H and O–H groups in total. The van der Waals surface area contributed by atoms with Gasteiger partial charge in [-0.05, 0) is 13.8 Å². The van der Waals surface area contributed by atoms with Gasteiger partial charge < -0.3 is 10.1 Å². The lowest BCUT2D eigenvalue weighted by Crippen LogP contribution is -2.19. The summed E-state index contributed by atoms with van der Waals surface area (Å²) in [7, 11) is 0. The van der Waals surface area contributed by atoms with Crippen LogP contribution in [0, 0.1) is 5.92 Å². The number of carbonyl (C=O) groups excluding carboxylic acids is 1. The summed E-state index contributed by atoms with van der Waals surface area (Å²) in [6, 6.07) is 0. The number of carbonyl (C=O) groups is 1. The van der Waals surface area contributed by atoms with E-state index < -0.39 is 0 Å². The van der Waals surface area contributed by atoms with Gasteiger partial charge in [-0.3, -0.25) is 9.78 Å². The monoisotopic (exact) mass is 223 g/mol. The lowest BCUT2D eigenvalue weighted by Gasteiger charge is -2.10. The summed E-state index contributed by atoms with van der Waals surface area (Å²) in [5.41, 5.74) is 0. The molecule has 0 radical (unpaired) electrons. The van der Waals surface area contributed by atoms with Gasteiger partial charge in [-0.25, -0.2) is 0 Å². The van der Waals surface area contributed by atoms with Crippen molar-refractivity contribution in [2.45, 2.75) is 33.8 Å². The average Bonchev–Trinajstić information content (AvgIpc) is 2.16. The zero-order chi connectivity index (χ0) is 12.1. The van der Waals surface area contributed by atoms with Crippen LogP contribution in [0.25, 0.3) is 0 Å². The molecule has 1 heterocycles. The number of aromatic nitrogens is 2. The van der Waals surface area contributed by atoms with Crippen molar-refractivity contribution in [1.82, 2.24) is 9.97 Å². The standard InChI is InChI=1S/C11H17N3O2/c1-7(2)11(15)14-9-5-12-6-10(13-9)16-8(3)4/h5-8H,1-4H3,(H,13,14,15). The van der Waals surface area contributed by atoms with Crippen LogP contribution in [0.15, 0.2) is 12.4 Å². The minimum absolute atomic E-state index is 0.0327. The molecule has 1 rings (SSSR count). The third-order valence-electron chi connectivity index (χ3n) is 1.74. The first kappa shape index (κ1) is 12.4. The quantitative estimate of drug-likeness (QED) is 0.846. The highest BCUT2D eigenvalue weighted by Gasteiger charge is 2.09. The molecular formula is C11H17N3O2. The predicted molar refractivity (Wildman–Crippen MR) is 61.3 cm³/mol. The van der Waals surface area contributed by atoms with Crippen molar-refractivity contribution in [2.75, 3.05) is 5.32 Å². The zero-order valence-electron chi connectivity index (χ0n) is 10.0. The van der Waals surface area contributed by atoms with Gasteiger partial charge in [0.05, 0.1) is 18.5 Å². The van der Waals surface area contributed by atoms with Crippen LogP contribution < -0.4 is 10.1 Å². The summed E-state index contributed by atoms with van der Waals surface area (Å²) < 4.78 is 5.37. The van der Waals surface area contributed by atoms with Gasteiger partial charge in [0.1, 0.15) is 0 Å². The molecular weight excluding hydrogens is 206 g/mol. The van der Waals surface area contributed by atoms with E-state index in [9.17, 15) is 4.79 Å². The molecule has 0 aliphatic heterocycles. The van der Waals surface area contributed by atoms with Crippen LogP contribution in [-0.4, -0.2) is 22.0 Å². The van der Waals surface area contributed by atoms with Crippen molar-refractivity contribution in [3.63, 3.8) is 0 Å². The van der Waals surface area contributed by atoms with E-state index in [2.05, 4.69) is 15.3 Å². The van der Waals surface area contributed by atoms with Gasteiger partial charge in [0.25, 0.3) is 0 Å². The lowest BCUT2D eigenvalue weighted by atomic mass is 10.2. The van der Waals surface area contributed by atoms with Crippen molar-refractivity contribution < 1.29 is 9.53 Å². The second kappa shape index (κ2) is 5.44. The van der Waals surface area contributed by atoms with Crippen LogP contribution in [0.2, 0.25) is 0 Å². The molecule has 16 heavy (non-hydrogen) atoms. The van der Waals surface area contributed by atoms with Gasteiger partial charge in [0.15, 0.2) is 5.82 Å². The summed E-state index contributed by atoms with van der Waals surface area (Å²) in [5.74, 6) is 0.654. The molecule has 0 atom stereocenters. The smallest absolute Gasteiger partial charge is 0.234 e. The van der Waals surface area contributed by atoms with Gasteiger partial charge in [-0.1, -0.05) is 13.8 Å². The Kier molecular flexibility index (Phi) is 4.22. The van der Waals surface area contributed by atoms with Gasteiger partial charge in [-0.2, -0.15) is 4.98 Å². The average molecular weight is 223 g/mol. The molecule has 0 fully saturated rings. The van der Waals surface area contributed by atoms with Crippen molar-refractivity contribution in [2.24, 2.45) is 5.92 Å². The van der Waals surface area contributed by atoms with E-state index in [1.807, 2.05) is 27.7 Å². The number of ether oxygens (including phenoxy) is 1. The fourth-order valence-electron chi connectivity index (χ4n) is 0.977. The Morgan fingerprint density at radius 2 is 2.00 bits per heavy atom. The van der Waals surface area contributed by atoms with E-state index in [-0.39, 0.29) is 17.9 Å². The van der Waals surface area contributed by atoms with Crippen LogP contribution in [-0.2, 0) is 4.79 Å². The highest BCUT2D eigenvalue weighted by atomic mass is 16.5. The molecule has 88 valence electrons. The third kappa shape index (κ3) is 3.84. The fraction of sp³-hybridized carbons (Fsp3) is 0.545. The number of amides is 1. The minimum Gasteiger partial charge on any atom is -0.474 e. The molecule has 0 aliphatic rings. The minimum atomic E-state index is -0.0870. The van der Waals surface area contributed by atoms with Crippen molar-refractivity contribution in [3.05, 3.63) is 12.4 Å². The van der Waals surface area contributed by atoms with E-state index in [1.54, 1.807) is 0 Å². The van der Waals surface area contributed by atoms with Gasteiger partial charge in [0, 0.05) is 5.92 Å². The normalized spacial score (nSPS) is 10.6. The Balaban J connectivity index is 2.71. The number of anilines is 1. The Morgan fingerprint density at radius 3 is 2.56 bits per heavy atom. The van der Waals surface area contributed by atoms with Gasteiger partial charge >= 0.3 is 0 Å². The topological polar surface area (TPSA) is 64.1 Å². The first-order valence-electron chi connectivity index (χ1n) is 5.28. The maximum Gasteiger partial charge on any atom is 0.234 e. The maximum absolute atomic E-state index is 11.4. The number of nitrogens with zero attached hydrogens (tertiary/aromatic N) is 2. The molecule has 0 bridgehead atoms. The van der Waals surface area contributed by atoms with Gasteiger partial charge in [0.2, 0.25) is 11.8 Å². The first-order chi connectivity index (χ1) is 7.49. The molecule has 0 aliphatic carbocycles. The SMILES string of the molecule is CC(C)Oc1cncc(NC(=O)C(C)C)n1. The van der Waals surface area contributed by atoms with Crippen molar-refractivity contribution in [1.29, 1.82) is 0 Å². The summed E-state index contributed by atoms with van der Waals surface area (Å²) in [6.07, 6.45) is 3.05. The summed E-state index contributed by atoms with van der Waals surface area (Å²) in [4.78, 5) is 19.5. The third-order valence-corrected chi connectivity index (χ3v) is 1.74. The largest absolute Gasteiger partial charge is 0.474 e. The van der Waals surface area contributed by atoms with Gasteiger partial charge in [-0.15, -0.1) is 0 Å². The molecule has 0 saturated heterocycles. The number of hydrogen-bond donors (Lipinski definition) is 1. The van der Waals surface area contributed by atoms with Crippen LogP contribution in [0.5, 0.6) is 5.88 Å². The Morgan fingerprint density at radius 1 is 1.31 bits per heavy atom. The summed E-state index contributed by atoms with van der Waals surface area (Å²) in [6.45, 7) is 7.44. The molecule has 0 saturated carbocycles. The van der Waals surface area contributed by atoms with E-state index in [1.165, 1.54) is 12.4 Å². The Labute approximate surface area is 95.3 Å². The summed E-state index contributed by atoms with van der Waals surface area (Å²) in [5, 5.41) is 2.66. The molecule has 1 amide bonds. The number of hydrogen-bond acceptors (Lipinski definition) is 4. The molecule has 0 spiro atoms. The van der Waals surface area contributed by atoms with Crippen LogP contribution in [0.4, 0.5) is 5.82 Å². The van der Waals surface area contributed by atoms with E-state index in [4.69, 9.17) is 4.74 Å². The second-order valence-electron chi connectivity index (χ2n) is 4.05. The lowest BCUT2D eigenvalue weighted by molar-refractivity contribution is -0.118. The Hall–Kier alpha value is -1.65. The second-order valence-corrected chi connectivity index (χ2v) is 4.05. The predicted octanol–water partition coefficient (Wildman–Crippen LogP) is 1.86. The Bertz CT molecular complexity index is 364. The molecule has 0 unspecified atom stereocenters. The maximum atomic E-state index is 11.4. The number of rotatable bonds is 4. The van der Waals surface area contributed by atoms with Crippen LogP contribution in [0.3, 0.4) is 0 Å².